The number of hydrogen-bond donors (Lipinski definition) is 0. The van der Waals surface area contributed by atoms with Crippen LogP contribution >= 0.6 is 11.5 Å². The summed E-state index contributed by atoms with van der Waals surface area (Å²) in [6.07, 6.45) is 2.40. The van der Waals surface area contributed by atoms with Crippen LogP contribution in [0.4, 0.5) is 0 Å². The number of ether oxygens (including phenoxy) is 1. The summed E-state index contributed by atoms with van der Waals surface area (Å²) < 4.78 is 8.84. The molecule has 12 heavy (non-hydrogen) atoms. The van der Waals surface area contributed by atoms with E-state index in [1.807, 2.05) is 13.8 Å². The maximum Gasteiger partial charge on any atom is 0.340 e. The number of hydrogen-bond acceptors (Lipinski definition) is 4. The summed E-state index contributed by atoms with van der Waals surface area (Å²) >= 11 is 1.32. The molecule has 0 aliphatic carbocycles. The highest BCUT2D eigenvalue weighted by atomic mass is 32.1. The summed E-state index contributed by atoms with van der Waals surface area (Å²) in [7, 11) is 0. The van der Waals surface area contributed by atoms with Crippen LogP contribution in [0.25, 0.3) is 0 Å². The fraction of sp³-hybridized carbons (Fsp3) is 0.500. The van der Waals surface area contributed by atoms with Crippen LogP contribution in [0.15, 0.2) is 6.20 Å². The lowest BCUT2D eigenvalue weighted by atomic mass is 10.3. The minimum Gasteiger partial charge on any atom is -0.462 e. The van der Waals surface area contributed by atoms with Crippen molar-refractivity contribution in [3.63, 3.8) is 0 Å². The Morgan fingerprint density at radius 1 is 1.75 bits per heavy atom. The molecule has 0 bridgehead atoms. The molecule has 4 heteroatoms. The molecule has 0 saturated heterocycles. The van der Waals surface area contributed by atoms with Gasteiger partial charge in [0.1, 0.15) is 0 Å². The first-order valence-corrected chi connectivity index (χ1v) is 4.61. The van der Waals surface area contributed by atoms with E-state index in [0.29, 0.717) is 12.2 Å². The van der Waals surface area contributed by atoms with Gasteiger partial charge in [0, 0.05) is 4.88 Å². The minimum absolute atomic E-state index is 0.261. The highest BCUT2D eigenvalue weighted by Crippen LogP contribution is 2.12. The quantitative estimate of drug-likeness (QED) is 0.676. The lowest BCUT2D eigenvalue weighted by molar-refractivity contribution is 0.0505. The molecule has 3 nitrogen and oxygen atoms in total. The van der Waals surface area contributed by atoms with E-state index in [1.165, 1.54) is 11.5 Å². The van der Waals surface area contributed by atoms with Crippen LogP contribution in [-0.2, 0) is 4.74 Å². The summed E-state index contributed by atoms with van der Waals surface area (Å²) in [4.78, 5) is 12.1. The van der Waals surface area contributed by atoms with Gasteiger partial charge in [-0.3, -0.25) is 0 Å². The number of rotatable bonds is 3. The summed E-state index contributed by atoms with van der Waals surface area (Å²) in [6.45, 7) is 4.31. The van der Waals surface area contributed by atoms with Crippen molar-refractivity contribution in [1.29, 1.82) is 0 Å². The molecule has 0 unspecified atom stereocenters. The Bertz CT molecular complexity index is 270. The van der Waals surface area contributed by atoms with Gasteiger partial charge in [-0.05, 0) is 24.9 Å². The van der Waals surface area contributed by atoms with E-state index < -0.39 is 0 Å². The first kappa shape index (κ1) is 9.19. The van der Waals surface area contributed by atoms with Gasteiger partial charge in [-0.25, -0.2) is 4.79 Å². The molecule has 0 atom stereocenters. The van der Waals surface area contributed by atoms with Crippen LogP contribution in [0.5, 0.6) is 0 Å². The minimum atomic E-state index is -0.261. The number of carbonyl (C=O) groups is 1. The Morgan fingerprint density at radius 3 is 3.00 bits per heavy atom. The Balaban J connectivity index is 2.59. The van der Waals surface area contributed by atoms with Gasteiger partial charge in [-0.1, -0.05) is 6.92 Å². The van der Waals surface area contributed by atoms with E-state index in [9.17, 15) is 4.79 Å². The molecule has 1 rings (SSSR count). The molecule has 1 aromatic heterocycles. The number of aromatic nitrogens is 1. The fourth-order valence-electron chi connectivity index (χ4n) is 0.767. The fourth-order valence-corrected chi connectivity index (χ4v) is 1.32. The highest BCUT2D eigenvalue weighted by molar-refractivity contribution is 7.06. The van der Waals surface area contributed by atoms with E-state index in [4.69, 9.17) is 4.74 Å². The molecule has 66 valence electrons. The monoisotopic (exact) mass is 185 g/mol. The molecule has 0 aliphatic heterocycles. The van der Waals surface area contributed by atoms with E-state index in [0.717, 1.165) is 11.3 Å². The molecule has 0 saturated carbocycles. The van der Waals surface area contributed by atoms with Crippen LogP contribution in [0, 0.1) is 6.92 Å². The van der Waals surface area contributed by atoms with E-state index in [2.05, 4.69) is 4.37 Å². The molecular weight excluding hydrogens is 174 g/mol. The molecule has 0 aromatic carbocycles. The van der Waals surface area contributed by atoms with Crippen molar-refractivity contribution in [2.24, 2.45) is 0 Å². The molecule has 0 N–H and O–H groups in total. The Kier molecular flexibility index (Phi) is 3.22. The van der Waals surface area contributed by atoms with Crippen molar-refractivity contribution >= 4 is 17.5 Å². The van der Waals surface area contributed by atoms with Gasteiger partial charge in [-0.2, -0.15) is 4.37 Å². The first-order valence-electron chi connectivity index (χ1n) is 3.84. The molecule has 0 aliphatic rings. The largest absolute Gasteiger partial charge is 0.462 e. The lowest BCUT2D eigenvalue weighted by Crippen LogP contribution is -2.05. The van der Waals surface area contributed by atoms with Gasteiger partial charge in [-0.15, -0.1) is 0 Å². The smallest absolute Gasteiger partial charge is 0.340 e. The maximum absolute atomic E-state index is 11.2. The van der Waals surface area contributed by atoms with Crippen LogP contribution in [0.3, 0.4) is 0 Å². The summed E-state index contributed by atoms with van der Waals surface area (Å²) in [6, 6.07) is 0. The van der Waals surface area contributed by atoms with Crippen LogP contribution < -0.4 is 0 Å². The number of nitrogens with zero attached hydrogens (tertiary/aromatic N) is 1. The first-order chi connectivity index (χ1) is 5.75. The SMILES string of the molecule is CCCOC(=O)c1cnsc1C. The summed E-state index contributed by atoms with van der Waals surface area (Å²) in [5, 5.41) is 0. The van der Waals surface area contributed by atoms with Gasteiger partial charge in [0.2, 0.25) is 0 Å². The number of carbonyl (C=O) groups excluding carboxylic acids is 1. The summed E-state index contributed by atoms with van der Waals surface area (Å²) in [5.74, 6) is -0.261. The third-order valence-corrected chi connectivity index (χ3v) is 2.11. The van der Waals surface area contributed by atoms with Gasteiger partial charge < -0.3 is 4.74 Å². The van der Waals surface area contributed by atoms with Crippen molar-refractivity contribution in [2.75, 3.05) is 6.61 Å². The molecule has 1 heterocycles. The molecular formula is C8H11NO2S. The molecule has 0 fully saturated rings. The predicted octanol–water partition coefficient (Wildman–Crippen LogP) is 2.02. The van der Waals surface area contributed by atoms with E-state index in [-0.39, 0.29) is 5.97 Å². The highest BCUT2D eigenvalue weighted by Gasteiger charge is 2.11. The zero-order valence-corrected chi connectivity index (χ0v) is 7.98. The second-order valence-corrected chi connectivity index (χ2v) is 3.44. The number of aryl methyl sites for hydroxylation is 1. The van der Waals surface area contributed by atoms with E-state index >= 15 is 0 Å². The maximum atomic E-state index is 11.2. The zero-order chi connectivity index (χ0) is 8.97. The van der Waals surface area contributed by atoms with Gasteiger partial charge in [0.25, 0.3) is 0 Å². The average Bonchev–Trinajstić information content (AvgIpc) is 2.47. The van der Waals surface area contributed by atoms with Crippen molar-refractivity contribution in [3.8, 4) is 0 Å². The summed E-state index contributed by atoms with van der Waals surface area (Å²) in [5.41, 5.74) is 0.591. The molecule has 0 amide bonds. The van der Waals surface area contributed by atoms with Crippen molar-refractivity contribution in [3.05, 3.63) is 16.6 Å². The predicted molar refractivity (Wildman–Crippen MR) is 47.4 cm³/mol. The Morgan fingerprint density at radius 2 is 2.50 bits per heavy atom. The van der Waals surface area contributed by atoms with Crippen molar-refractivity contribution < 1.29 is 9.53 Å². The van der Waals surface area contributed by atoms with Crippen molar-refractivity contribution in [2.45, 2.75) is 20.3 Å². The molecule has 0 spiro atoms. The molecule has 0 radical (unpaired) electrons. The van der Waals surface area contributed by atoms with Crippen LogP contribution in [-0.4, -0.2) is 16.9 Å². The van der Waals surface area contributed by atoms with Gasteiger partial charge >= 0.3 is 5.97 Å². The normalized spacial score (nSPS) is 9.83. The van der Waals surface area contributed by atoms with Crippen molar-refractivity contribution in [1.82, 2.24) is 4.37 Å². The second-order valence-electron chi connectivity index (χ2n) is 2.43. The second kappa shape index (κ2) is 4.21. The van der Waals surface area contributed by atoms with Crippen LogP contribution in [0.1, 0.15) is 28.6 Å². The standard InChI is InChI=1S/C8H11NO2S/c1-3-4-11-8(10)7-5-9-12-6(7)2/h5H,3-4H2,1-2H3. The van der Waals surface area contributed by atoms with Crippen LogP contribution in [0.2, 0.25) is 0 Å². The lowest BCUT2D eigenvalue weighted by Gasteiger charge is -2.00. The average molecular weight is 185 g/mol. The number of esters is 1. The van der Waals surface area contributed by atoms with Gasteiger partial charge in [0.15, 0.2) is 0 Å². The Hall–Kier alpha value is -0.900. The molecule has 1 aromatic rings. The third kappa shape index (κ3) is 2.04. The van der Waals surface area contributed by atoms with Gasteiger partial charge in [0.05, 0.1) is 18.4 Å². The zero-order valence-electron chi connectivity index (χ0n) is 7.16. The van der Waals surface area contributed by atoms with E-state index in [1.54, 1.807) is 6.20 Å². The third-order valence-electron chi connectivity index (χ3n) is 1.41. The Labute approximate surface area is 75.5 Å². The topological polar surface area (TPSA) is 39.2 Å².